The van der Waals surface area contributed by atoms with Crippen LogP contribution in [-0.2, 0) is 0 Å². The third-order valence-corrected chi connectivity index (χ3v) is 4.04. The minimum absolute atomic E-state index is 0.278. The molecule has 2 aromatic carbocycles. The minimum atomic E-state index is -0.278. The SMILES string of the molecule is COc1ccc(C(=O)Nc2ccc(SC)cc2)c(OC)c1OC. The third kappa shape index (κ3) is 3.71. The van der Waals surface area contributed by atoms with Crippen LogP contribution < -0.4 is 19.5 Å². The van der Waals surface area contributed by atoms with E-state index in [0.717, 1.165) is 4.90 Å². The van der Waals surface area contributed by atoms with Gasteiger partial charge in [0.2, 0.25) is 5.75 Å². The Bertz CT molecular complexity index is 686. The van der Waals surface area contributed by atoms with E-state index < -0.39 is 0 Å². The quantitative estimate of drug-likeness (QED) is 0.817. The number of carbonyl (C=O) groups excluding carboxylic acids is 1. The fraction of sp³-hybridized carbons (Fsp3) is 0.235. The molecule has 0 aromatic heterocycles. The number of methoxy groups -OCH3 is 3. The van der Waals surface area contributed by atoms with Gasteiger partial charge < -0.3 is 19.5 Å². The second-order valence-electron chi connectivity index (χ2n) is 4.56. The van der Waals surface area contributed by atoms with Crippen LogP contribution in [0.25, 0.3) is 0 Å². The van der Waals surface area contributed by atoms with Crippen LogP contribution in [0.3, 0.4) is 0 Å². The first-order valence-electron chi connectivity index (χ1n) is 6.89. The van der Waals surface area contributed by atoms with E-state index in [1.54, 1.807) is 23.9 Å². The molecule has 0 aliphatic carbocycles. The van der Waals surface area contributed by atoms with Crippen LogP contribution in [0.5, 0.6) is 17.2 Å². The number of benzene rings is 2. The molecule has 0 radical (unpaired) electrons. The Labute approximate surface area is 139 Å². The molecular weight excluding hydrogens is 314 g/mol. The third-order valence-electron chi connectivity index (χ3n) is 3.30. The molecule has 0 atom stereocenters. The summed E-state index contributed by atoms with van der Waals surface area (Å²) >= 11 is 1.64. The predicted molar refractivity (Wildman–Crippen MR) is 92.3 cm³/mol. The molecule has 0 bridgehead atoms. The zero-order valence-electron chi connectivity index (χ0n) is 13.5. The van der Waals surface area contributed by atoms with E-state index in [4.69, 9.17) is 14.2 Å². The molecule has 2 aromatic rings. The summed E-state index contributed by atoms with van der Waals surface area (Å²) in [5, 5.41) is 2.85. The van der Waals surface area contributed by atoms with Gasteiger partial charge in [-0.1, -0.05) is 0 Å². The van der Waals surface area contributed by atoms with Crippen LogP contribution in [0.1, 0.15) is 10.4 Å². The van der Waals surface area contributed by atoms with Crippen molar-refractivity contribution >= 4 is 23.4 Å². The average Bonchev–Trinajstić information content (AvgIpc) is 2.60. The molecule has 23 heavy (non-hydrogen) atoms. The number of anilines is 1. The molecule has 1 N–H and O–H groups in total. The maximum absolute atomic E-state index is 12.5. The summed E-state index contributed by atoms with van der Waals surface area (Å²) in [6.45, 7) is 0. The molecule has 2 rings (SSSR count). The smallest absolute Gasteiger partial charge is 0.259 e. The van der Waals surface area contributed by atoms with Gasteiger partial charge in [0.15, 0.2) is 11.5 Å². The minimum Gasteiger partial charge on any atom is -0.493 e. The van der Waals surface area contributed by atoms with Crippen molar-refractivity contribution in [1.29, 1.82) is 0 Å². The number of nitrogens with one attached hydrogen (secondary N) is 1. The molecule has 6 heteroatoms. The van der Waals surface area contributed by atoms with Gasteiger partial charge in [-0.05, 0) is 42.7 Å². The maximum atomic E-state index is 12.5. The van der Waals surface area contributed by atoms with E-state index in [2.05, 4.69) is 5.32 Å². The summed E-state index contributed by atoms with van der Waals surface area (Å²) in [6, 6.07) is 10.9. The molecular formula is C17H19NO4S. The van der Waals surface area contributed by atoms with Gasteiger partial charge in [-0.3, -0.25) is 4.79 Å². The van der Waals surface area contributed by atoms with E-state index in [1.165, 1.54) is 21.3 Å². The maximum Gasteiger partial charge on any atom is 0.259 e. The highest BCUT2D eigenvalue weighted by molar-refractivity contribution is 7.98. The highest BCUT2D eigenvalue weighted by Gasteiger charge is 2.20. The molecule has 1 amide bonds. The Hall–Kier alpha value is -2.34. The van der Waals surface area contributed by atoms with Crippen LogP contribution >= 0.6 is 11.8 Å². The Morgan fingerprint density at radius 2 is 1.57 bits per heavy atom. The summed E-state index contributed by atoms with van der Waals surface area (Å²) in [5.74, 6) is 0.954. The lowest BCUT2D eigenvalue weighted by atomic mass is 10.1. The zero-order chi connectivity index (χ0) is 16.8. The molecule has 0 fully saturated rings. The van der Waals surface area contributed by atoms with E-state index in [9.17, 15) is 4.79 Å². The Morgan fingerprint density at radius 3 is 2.09 bits per heavy atom. The number of amides is 1. The van der Waals surface area contributed by atoms with Gasteiger partial charge in [-0.15, -0.1) is 11.8 Å². The van der Waals surface area contributed by atoms with Crippen molar-refractivity contribution in [3.8, 4) is 17.2 Å². The van der Waals surface area contributed by atoms with Gasteiger partial charge in [-0.25, -0.2) is 0 Å². The summed E-state index contributed by atoms with van der Waals surface area (Å²) in [4.78, 5) is 13.7. The van der Waals surface area contributed by atoms with Gasteiger partial charge in [0.25, 0.3) is 5.91 Å². The lowest BCUT2D eigenvalue weighted by Gasteiger charge is -2.15. The van der Waals surface area contributed by atoms with Gasteiger partial charge in [0.1, 0.15) is 0 Å². The van der Waals surface area contributed by atoms with Crippen LogP contribution in [0, 0.1) is 0 Å². The largest absolute Gasteiger partial charge is 0.493 e. The molecule has 0 aliphatic rings. The Balaban J connectivity index is 2.31. The molecule has 0 unspecified atom stereocenters. The number of carbonyl (C=O) groups is 1. The Morgan fingerprint density at radius 1 is 0.913 bits per heavy atom. The molecule has 0 spiro atoms. The highest BCUT2D eigenvalue weighted by Crippen LogP contribution is 2.39. The Kier molecular flexibility index (Phi) is 5.76. The first-order valence-corrected chi connectivity index (χ1v) is 8.11. The number of hydrogen-bond donors (Lipinski definition) is 1. The summed E-state index contributed by atoms with van der Waals surface area (Å²) in [6.07, 6.45) is 2.00. The van der Waals surface area contributed by atoms with Crippen LogP contribution in [0.4, 0.5) is 5.69 Å². The van der Waals surface area contributed by atoms with Crippen molar-refractivity contribution < 1.29 is 19.0 Å². The molecule has 0 saturated carbocycles. The normalized spacial score (nSPS) is 10.1. The number of ether oxygens (including phenoxy) is 3. The first-order chi connectivity index (χ1) is 11.1. The van der Waals surface area contributed by atoms with Gasteiger partial charge in [0, 0.05) is 10.6 Å². The second-order valence-corrected chi connectivity index (χ2v) is 5.44. The standard InChI is InChI=1S/C17H19NO4S/c1-20-14-10-9-13(15(21-2)16(14)22-3)17(19)18-11-5-7-12(23-4)8-6-11/h5-10H,1-4H3,(H,18,19). The zero-order valence-corrected chi connectivity index (χ0v) is 14.3. The summed E-state index contributed by atoms with van der Waals surface area (Å²) in [7, 11) is 4.52. The predicted octanol–water partition coefficient (Wildman–Crippen LogP) is 3.69. The first kappa shape index (κ1) is 17.0. The average molecular weight is 333 g/mol. The van der Waals surface area contributed by atoms with Crippen molar-refractivity contribution in [2.45, 2.75) is 4.90 Å². The van der Waals surface area contributed by atoms with Crippen molar-refractivity contribution in [2.75, 3.05) is 32.9 Å². The van der Waals surface area contributed by atoms with Crippen molar-refractivity contribution in [2.24, 2.45) is 0 Å². The van der Waals surface area contributed by atoms with Crippen LogP contribution in [-0.4, -0.2) is 33.5 Å². The van der Waals surface area contributed by atoms with E-state index in [-0.39, 0.29) is 5.91 Å². The number of rotatable bonds is 6. The van der Waals surface area contributed by atoms with Crippen LogP contribution in [0.2, 0.25) is 0 Å². The molecule has 122 valence electrons. The molecule has 0 heterocycles. The van der Waals surface area contributed by atoms with Crippen molar-refractivity contribution in [1.82, 2.24) is 0 Å². The summed E-state index contributed by atoms with van der Waals surface area (Å²) in [5.41, 5.74) is 1.09. The fourth-order valence-corrected chi connectivity index (χ4v) is 2.56. The second kappa shape index (κ2) is 7.78. The number of hydrogen-bond acceptors (Lipinski definition) is 5. The van der Waals surface area contributed by atoms with E-state index in [0.29, 0.717) is 28.5 Å². The van der Waals surface area contributed by atoms with Crippen molar-refractivity contribution in [3.63, 3.8) is 0 Å². The highest BCUT2D eigenvalue weighted by atomic mass is 32.2. The number of thioether (sulfide) groups is 1. The van der Waals surface area contributed by atoms with Crippen LogP contribution in [0.15, 0.2) is 41.3 Å². The van der Waals surface area contributed by atoms with E-state index in [1.807, 2.05) is 30.5 Å². The lowest BCUT2D eigenvalue weighted by Crippen LogP contribution is -2.14. The monoisotopic (exact) mass is 333 g/mol. The van der Waals surface area contributed by atoms with Gasteiger partial charge >= 0.3 is 0 Å². The van der Waals surface area contributed by atoms with Gasteiger partial charge in [-0.2, -0.15) is 0 Å². The molecule has 0 aliphatic heterocycles. The topological polar surface area (TPSA) is 56.8 Å². The lowest BCUT2D eigenvalue weighted by molar-refractivity contribution is 0.102. The van der Waals surface area contributed by atoms with Gasteiger partial charge in [0.05, 0.1) is 26.9 Å². The summed E-state index contributed by atoms with van der Waals surface area (Å²) < 4.78 is 15.9. The van der Waals surface area contributed by atoms with Crippen molar-refractivity contribution in [3.05, 3.63) is 42.0 Å². The molecule has 5 nitrogen and oxygen atoms in total. The fourth-order valence-electron chi connectivity index (χ4n) is 2.15. The van der Waals surface area contributed by atoms with E-state index >= 15 is 0 Å². The molecule has 0 saturated heterocycles.